The Bertz CT molecular complexity index is 1150. The summed E-state index contributed by atoms with van der Waals surface area (Å²) < 4.78 is 65.2. The molecule has 1 aromatic carbocycles. The standard InChI is InChI=1S/C21H26F3N7O3S/c1-25-18-14-19(27-15-26-18)28-6-8-29(9-7-28)20(32)30-10-12-31(13-11-30)35(33,34)17-4-2-16(3-5-17)21(22,23)24/h2-5,14-15H,6-13H2,1H3,(H,25,26,27). The molecule has 2 aromatic rings. The Morgan fingerprint density at radius 1 is 0.914 bits per heavy atom. The molecule has 190 valence electrons. The highest BCUT2D eigenvalue weighted by Gasteiger charge is 2.34. The zero-order chi connectivity index (χ0) is 25.2. The number of aromatic nitrogens is 2. The monoisotopic (exact) mass is 513 g/mol. The lowest BCUT2D eigenvalue weighted by molar-refractivity contribution is -0.137. The van der Waals surface area contributed by atoms with E-state index in [9.17, 15) is 26.4 Å². The van der Waals surface area contributed by atoms with Crippen LogP contribution in [0.2, 0.25) is 0 Å². The summed E-state index contributed by atoms with van der Waals surface area (Å²) >= 11 is 0. The number of nitrogens with zero attached hydrogens (tertiary/aromatic N) is 6. The number of piperazine rings is 2. The second-order valence-corrected chi connectivity index (χ2v) is 10.1. The van der Waals surface area contributed by atoms with Crippen molar-refractivity contribution in [3.63, 3.8) is 0 Å². The van der Waals surface area contributed by atoms with Crippen LogP contribution in [0.5, 0.6) is 0 Å². The zero-order valence-corrected chi connectivity index (χ0v) is 19.9. The molecular weight excluding hydrogens is 487 g/mol. The van der Waals surface area contributed by atoms with Gasteiger partial charge in [-0.2, -0.15) is 17.5 Å². The Balaban J connectivity index is 1.31. The predicted molar refractivity (Wildman–Crippen MR) is 123 cm³/mol. The van der Waals surface area contributed by atoms with Crippen molar-refractivity contribution < 1.29 is 26.4 Å². The third-order valence-corrected chi connectivity index (χ3v) is 8.02. The average molecular weight is 514 g/mol. The van der Waals surface area contributed by atoms with E-state index >= 15 is 0 Å². The number of benzene rings is 1. The molecule has 2 aliphatic heterocycles. The third-order valence-electron chi connectivity index (χ3n) is 6.11. The van der Waals surface area contributed by atoms with Crippen molar-refractivity contribution in [1.29, 1.82) is 0 Å². The summed E-state index contributed by atoms with van der Waals surface area (Å²) in [6.07, 6.45) is -3.05. The molecular formula is C21H26F3N7O3S. The lowest BCUT2D eigenvalue weighted by Crippen LogP contribution is -2.57. The SMILES string of the molecule is CNc1cc(N2CCN(C(=O)N3CCN(S(=O)(=O)c4ccc(C(F)(F)F)cc4)CC3)CC2)ncn1. The number of halogens is 3. The Hall–Kier alpha value is -3.13. The van der Waals surface area contributed by atoms with E-state index in [1.807, 2.05) is 6.07 Å². The minimum Gasteiger partial charge on any atom is -0.373 e. The maximum Gasteiger partial charge on any atom is 0.416 e. The van der Waals surface area contributed by atoms with Crippen LogP contribution in [0.25, 0.3) is 0 Å². The number of nitrogens with one attached hydrogen (secondary N) is 1. The van der Waals surface area contributed by atoms with Gasteiger partial charge in [0.15, 0.2) is 0 Å². The van der Waals surface area contributed by atoms with E-state index in [-0.39, 0.29) is 37.1 Å². The number of sulfonamides is 1. The van der Waals surface area contributed by atoms with Gasteiger partial charge in [-0.25, -0.2) is 23.2 Å². The van der Waals surface area contributed by atoms with Crippen molar-refractivity contribution in [2.75, 3.05) is 69.6 Å². The molecule has 1 aromatic heterocycles. The summed E-state index contributed by atoms with van der Waals surface area (Å²) in [5.74, 6) is 1.48. The van der Waals surface area contributed by atoms with Gasteiger partial charge in [-0.15, -0.1) is 0 Å². The fourth-order valence-corrected chi connectivity index (χ4v) is 5.49. The summed E-state index contributed by atoms with van der Waals surface area (Å²) in [7, 11) is -2.18. The van der Waals surface area contributed by atoms with E-state index in [2.05, 4.69) is 20.2 Å². The predicted octanol–water partition coefficient (Wildman–Crippen LogP) is 1.79. The van der Waals surface area contributed by atoms with Gasteiger partial charge in [-0.05, 0) is 24.3 Å². The van der Waals surface area contributed by atoms with Crippen molar-refractivity contribution >= 4 is 27.7 Å². The normalized spacial score (nSPS) is 18.0. The Labute approximate surface area is 201 Å². The summed E-state index contributed by atoms with van der Waals surface area (Å²) in [5, 5.41) is 2.97. The van der Waals surface area contributed by atoms with Gasteiger partial charge in [-0.3, -0.25) is 0 Å². The van der Waals surface area contributed by atoms with Crippen LogP contribution in [0.15, 0.2) is 41.6 Å². The number of amides is 2. The number of urea groups is 1. The number of anilines is 2. The van der Waals surface area contributed by atoms with Gasteiger partial charge >= 0.3 is 12.2 Å². The first-order valence-electron chi connectivity index (χ1n) is 11.1. The maximum absolute atomic E-state index is 13.0. The molecule has 14 heteroatoms. The van der Waals surface area contributed by atoms with Crippen LogP contribution in [-0.2, 0) is 16.2 Å². The second-order valence-electron chi connectivity index (χ2n) is 8.18. The van der Waals surface area contributed by atoms with Crippen molar-refractivity contribution in [2.45, 2.75) is 11.1 Å². The number of alkyl halides is 3. The molecule has 10 nitrogen and oxygen atoms in total. The molecule has 0 atom stereocenters. The van der Waals surface area contributed by atoms with Crippen LogP contribution < -0.4 is 10.2 Å². The fraction of sp³-hybridized carbons (Fsp3) is 0.476. The molecule has 0 radical (unpaired) electrons. The molecule has 2 amide bonds. The molecule has 0 unspecified atom stereocenters. The number of carbonyl (C=O) groups is 1. The van der Waals surface area contributed by atoms with Gasteiger partial charge in [0.05, 0.1) is 10.5 Å². The Morgan fingerprint density at radius 3 is 2.03 bits per heavy atom. The molecule has 3 heterocycles. The number of rotatable bonds is 4. The highest BCUT2D eigenvalue weighted by atomic mass is 32.2. The molecule has 0 aliphatic carbocycles. The van der Waals surface area contributed by atoms with Crippen LogP contribution in [0.4, 0.5) is 29.6 Å². The third kappa shape index (κ3) is 5.42. The van der Waals surface area contributed by atoms with E-state index in [1.165, 1.54) is 10.6 Å². The molecule has 35 heavy (non-hydrogen) atoms. The van der Waals surface area contributed by atoms with Gasteiger partial charge in [0, 0.05) is 65.5 Å². The van der Waals surface area contributed by atoms with Crippen LogP contribution in [0, 0.1) is 0 Å². The molecule has 2 fully saturated rings. The molecule has 0 bridgehead atoms. The molecule has 2 saturated heterocycles. The minimum atomic E-state index is -4.54. The first-order chi connectivity index (χ1) is 16.6. The van der Waals surface area contributed by atoms with Crippen molar-refractivity contribution in [3.8, 4) is 0 Å². The second kappa shape index (κ2) is 9.85. The number of carbonyl (C=O) groups excluding carboxylic acids is 1. The van der Waals surface area contributed by atoms with Crippen molar-refractivity contribution in [2.24, 2.45) is 0 Å². The van der Waals surface area contributed by atoms with Crippen LogP contribution >= 0.6 is 0 Å². The van der Waals surface area contributed by atoms with Crippen LogP contribution in [-0.4, -0.2) is 97.9 Å². The quantitative estimate of drug-likeness (QED) is 0.665. The molecule has 2 aliphatic rings. The minimum absolute atomic E-state index is 0.0722. The van der Waals surface area contributed by atoms with Crippen molar-refractivity contribution in [1.82, 2.24) is 24.1 Å². The Morgan fingerprint density at radius 2 is 1.49 bits per heavy atom. The van der Waals surface area contributed by atoms with Gasteiger partial charge in [0.25, 0.3) is 0 Å². The van der Waals surface area contributed by atoms with Gasteiger partial charge in [0.1, 0.15) is 18.0 Å². The lowest BCUT2D eigenvalue weighted by atomic mass is 10.2. The fourth-order valence-electron chi connectivity index (χ4n) is 4.07. The highest BCUT2D eigenvalue weighted by Crippen LogP contribution is 2.30. The molecule has 0 saturated carbocycles. The zero-order valence-electron chi connectivity index (χ0n) is 19.1. The van der Waals surface area contributed by atoms with Crippen LogP contribution in [0.1, 0.15) is 5.56 Å². The van der Waals surface area contributed by atoms with E-state index in [1.54, 1.807) is 16.8 Å². The van der Waals surface area contributed by atoms with Gasteiger partial charge in [-0.1, -0.05) is 0 Å². The first-order valence-corrected chi connectivity index (χ1v) is 12.5. The lowest BCUT2D eigenvalue weighted by Gasteiger charge is -2.40. The van der Waals surface area contributed by atoms with E-state index < -0.39 is 21.8 Å². The van der Waals surface area contributed by atoms with Gasteiger partial charge in [0.2, 0.25) is 10.0 Å². The van der Waals surface area contributed by atoms with E-state index in [0.717, 1.165) is 30.1 Å². The molecule has 0 spiro atoms. The molecule has 1 N–H and O–H groups in total. The summed E-state index contributed by atoms with van der Waals surface area (Å²) in [5.41, 5.74) is -0.908. The summed E-state index contributed by atoms with van der Waals surface area (Å²) in [6, 6.07) is 5.13. The number of hydrogen-bond acceptors (Lipinski definition) is 7. The smallest absolute Gasteiger partial charge is 0.373 e. The van der Waals surface area contributed by atoms with E-state index in [4.69, 9.17) is 0 Å². The summed E-state index contributed by atoms with van der Waals surface area (Å²) in [4.78, 5) is 26.6. The van der Waals surface area contributed by atoms with Crippen LogP contribution in [0.3, 0.4) is 0 Å². The molecule has 4 rings (SSSR count). The van der Waals surface area contributed by atoms with E-state index in [0.29, 0.717) is 32.0 Å². The largest absolute Gasteiger partial charge is 0.416 e. The topological polar surface area (TPSA) is 102 Å². The van der Waals surface area contributed by atoms with Crippen molar-refractivity contribution in [3.05, 3.63) is 42.2 Å². The Kier molecular flexibility index (Phi) is 7.03. The number of hydrogen-bond donors (Lipinski definition) is 1. The first kappa shape index (κ1) is 25.0. The van der Waals surface area contributed by atoms with Gasteiger partial charge < -0.3 is 20.0 Å². The summed E-state index contributed by atoms with van der Waals surface area (Å²) in [6.45, 7) is 2.77. The average Bonchev–Trinajstić information content (AvgIpc) is 2.88. The highest BCUT2D eigenvalue weighted by molar-refractivity contribution is 7.89. The maximum atomic E-state index is 13.0.